The molecule has 1 N–H and O–H groups in total. The fourth-order valence-electron chi connectivity index (χ4n) is 2.35. The maximum absolute atomic E-state index is 12.0. The molecule has 0 aromatic heterocycles. The molecule has 2 fully saturated rings. The molecule has 1 atom stereocenters. The third kappa shape index (κ3) is 3.59. The number of carbonyl (C=O) groups is 2. The maximum Gasteiger partial charge on any atom is 0.246 e. The summed E-state index contributed by atoms with van der Waals surface area (Å²) in [7, 11) is 0. The molecule has 0 radical (unpaired) electrons. The van der Waals surface area contributed by atoms with E-state index in [1.165, 1.54) is 12.8 Å². The molecule has 1 aliphatic heterocycles. The van der Waals surface area contributed by atoms with Crippen LogP contribution in [0.1, 0.15) is 32.6 Å². The number of piperidine rings is 1. The molecule has 0 bridgehead atoms. The highest BCUT2D eigenvalue weighted by atomic mass is 16.2. The summed E-state index contributed by atoms with van der Waals surface area (Å²) in [4.78, 5) is 25.5. The van der Waals surface area contributed by atoms with Crippen LogP contribution < -0.4 is 5.32 Å². The molecule has 1 saturated carbocycles. The molecule has 0 aromatic carbocycles. The van der Waals surface area contributed by atoms with Gasteiger partial charge in [-0.3, -0.25) is 9.59 Å². The summed E-state index contributed by atoms with van der Waals surface area (Å²) in [5, 5.41) is 3.01. The van der Waals surface area contributed by atoms with E-state index in [1.54, 1.807) is 17.1 Å². The Balaban J connectivity index is 1.81. The van der Waals surface area contributed by atoms with E-state index >= 15 is 0 Å². The number of hydrogen-bond acceptors (Lipinski definition) is 2. The van der Waals surface area contributed by atoms with Crippen LogP contribution in [0, 0.1) is 11.8 Å². The van der Waals surface area contributed by atoms with Gasteiger partial charge in [0, 0.05) is 19.6 Å². The van der Waals surface area contributed by atoms with Crippen LogP contribution in [0.15, 0.2) is 12.2 Å². The Kier molecular flexibility index (Phi) is 4.39. The van der Waals surface area contributed by atoms with Crippen LogP contribution in [0.4, 0.5) is 0 Å². The summed E-state index contributed by atoms with van der Waals surface area (Å²) < 4.78 is 0. The molecule has 0 spiro atoms. The Morgan fingerprint density at radius 2 is 2.11 bits per heavy atom. The van der Waals surface area contributed by atoms with Crippen LogP contribution in [0.2, 0.25) is 0 Å². The molecule has 0 unspecified atom stereocenters. The predicted molar refractivity (Wildman–Crippen MR) is 69.9 cm³/mol. The number of nitrogens with one attached hydrogen (secondary N) is 1. The Labute approximate surface area is 108 Å². The summed E-state index contributed by atoms with van der Waals surface area (Å²) in [5.74, 6) is 0.835. The second-order valence-corrected chi connectivity index (χ2v) is 5.31. The van der Waals surface area contributed by atoms with Crippen molar-refractivity contribution in [3.05, 3.63) is 12.2 Å². The zero-order valence-electron chi connectivity index (χ0n) is 11.0. The van der Waals surface area contributed by atoms with Crippen LogP contribution in [0.25, 0.3) is 0 Å². The van der Waals surface area contributed by atoms with Crippen molar-refractivity contribution in [3.63, 3.8) is 0 Å². The summed E-state index contributed by atoms with van der Waals surface area (Å²) in [6, 6.07) is 0. The standard InChI is InChI=1S/C14H22N2O2/c1-2-4-13(17)16-8-3-5-12(10-16)14(18)15-9-11-6-7-11/h2,4,11-12H,3,5-10H2,1H3,(H,15,18)/b4-2+/t12-/m1/s1. The van der Waals surface area contributed by atoms with Gasteiger partial charge in [0.1, 0.15) is 0 Å². The highest BCUT2D eigenvalue weighted by Crippen LogP contribution is 2.27. The van der Waals surface area contributed by atoms with Crippen molar-refractivity contribution in [2.75, 3.05) is 19.6 Å². The predicted octanol–water partition coefficient (Wildman–Crippen LogP) is 1.33. The minimum absolute atomic E-state index is 0.0216. The first kappa shape index (κ1) is 13.1. The van der Waals surface area contributed by atoms with Crippen molar-refractivity contribution in [2.45, 2.75) is 32.6 Å². The van der Waals surface area contributed by atoms with Crippen molar-refractivity contribution >= 4 is 11.8 Å². The molecular weight excluding hydrogens is 228 g/mol. The summed E-state index contributed by atoms with van der Waals surface area (Å²) in [6.45, 7) is 4.00. The Bertz CT molecular complexity index is 348. The topological polar surface area (TPSA) is 49.4 Å². The molecule has 4 heteroatoms. The molecule has 1 heterocycles. The zero-order chi connectivity index (χ0) is 13.0. The SMILES string of the molecule is C/C=C/C(=O)N1CCC[C@@H](C(=O)NCC2CC2)C1. The van der Waals surface area contributed by atoms with E-state index in [0.29, 0.717) is 12.5 Å². The number of nitrogens with zero attached hydrogens (tertiary/aromatic N) is 1. The average Bonchev–Trinajstić information content (AvgIpc) is 3.20. The van der Waals surface area contributed by atoms with Gasteiger partial charge in [0.05, 0.1) is 5.92 Å². The van der Waals surface area contributed by atoms with Crippen LogP contribution in [-0.2, 0) is 9.59 Å². The van der Waals surface area contributed by atoms with E-state index in [2.05, 4.69) is 5.32 Å². The van der Waals surface area contributed by atoms with Gasteiger partial charge in [-0.1, -0.05) is 6.08 Å². The van der Waals surface area contributed by atoms with Crippen molar-refractivity contribution in [1.82, 2.24) is 10.2 Å². The van der Waals surface area contributed by atoms with Crippen molar-refractivity contribution < 1.29 is 9.59 Å². The monoisotopic (exact) mass is 250 g/mol. The number of hydrogen-bond donors (Lipinski definition) is 1. The molecule has 2 rings (SSSR count). The third-order valence-corrected chi connectivity index (χ3v) is 3.67. The maximum atomic E-state index is 12.0. The summed E-state index contributed by atoms with van der Waals surface area (Å²) in [6.07, 6.45) is 7.64. The first-order valence-corrected chi connectivity index (χ1v) is 6.90. The number of likely N-dealkylation sites (tertiary alicyclic amines) is 1. The van der Waals surface area contributed by atoms with Gasteiger partial charge in [0.25, 0.3) is 0 Å². The minimum atomic E-state index is -0.0216. The minimum Gasteiger partial charge on any atom is -0.356 e. The quantitative estimate of drug-likeness (QED) is 0.765. The Morgan fingerprint density at radius 1 is 1.33 bits per heavy atom. The number of allylic oxidation sites excluding steroid dienone is 1. The van der Waals surface area contributed by atoms with E-state index in [1.807, 2.05) is 6.92 Å². The Morgan fingerprint density at radius 3 is 2.78 bits per heavy atom. The lowest BCUT2D eigenvalue weighted by Gasteiger charge is -2.31. The van der Waals surface area contributed by atoms with Crippen LogP contribution in [0.5, 0.6) is 0 Å². The van der Waals surface area contributed by atoms with Crippen LogP contribution in [-0.4, -0.2) is 36.3 Å². The van der Waals surface area contributed by atoms with Crippen LogP contribution >= 0.6 is 0 Å². The average molecular weight is 250 g/mol. The summed E-state index contributed by atoms with van der Waals surface area (Å²) in [5.41, 5.74) is 0. The molecule has 0 aromatic rings. The second kappa shape index (κ2) is 6.03. The van der Waals surface area contributed by atoms with E-state index < -0.39 is 0 Å². The van der Waals surface area contributed by atoms with Crippen molar-refractivity contribution in [2.24, 2.45) is 11.8 Å². The lowest BCUT2D eigenvalue weighted by Crippen LogP contribution is -2.45. The highest BCUT2D eigenvalue weighted by Gasteiger charge is 2.29. The van der Waals surface area contributed by atoms with Crippen molar-refractivity contribution in [1.29, 1.82) is 0 Å². The zero-order valence-corrected chi connectivity index (χ0v) is 11.0. The molecule has 100 valence electrons. The van der Waals surface area contributed by atoms with E-state index in [-0.39, 0.29) is 17.7 Å². The smallest absolute Gasteiger partial charge is 0.246 e. The lowest BCUT2D eigenvalue weighted by atomic mass is 9.97. The summed E-state index contributed by atoms with van der Waals surface area (Å²) >= 11 is 0. The second-order valence-electron chi connectivity index (χ2n) is 5.31. The molecule has 2 aliphatic rings. The third-order valence-electron chi connectivity index (χ3n) is 3.67. The van der Waals surface area contributed by atoms with Gasteiger partial charge in [-0.2, -0.15) is 0 Å². The fraction of sp³-hybridized carbons (Fsp3) is 0.714. The lowest BCUT2D eigenvalue weighted by molar-refractivity contribution is -0.132. The molecular formula is C14H22N2O2. The van der Waals surface area contributed by atoms with E-state index in [4.69, 9.17) is 0 Å². The molecule has 4 nitrogen and oxygen atoms in total. The van der Waals surface area contributed by atoms with Crippen LogP contribution in [0.3, 0.4) is 0 Å². The fourth-order valence-corrected chi connectivity index (χ4v) is 2.35. The van der Waals surface area contributed by atoms with Gasteiger partial charge < -0.3 is 10.2 Å². The number of rotatable bonds is 4. The molecule has 1 aliphatic carbocycles. The van der Waals surface area contributed by atoms with E-state index in [9.17, 15) is 9.59 Å². The molecule has 2 amide bonds. The highest BCUT2D eigenvalue weighted by molar-refractivity contribution is 5.88. The van der Waals surface area contributed by atoms with Gasteiger partial charge in [-0.25, -0.2) is 0 Å². The van der Waals surface area contributed by atoms with Gasteiger partial charge >= 0.3 is 0 Å². The Hall–Kier alpha value is -1.32. The first-order chi connectivity index (χ1) is 8.70. The first-order valence-electron chi connectivity index (χ1n) is 6.90. The van der Waals surface area contributed by atoms with Gasteiger partial charge in [0.2, 0.25) is 11.8 Å². The normalized spacial score (nSPS) is 24.3. The van der Waals surface area contributed by atoms with Gasteiger partial charge in [0.15, 0.2) is 0 Å². The number of carbonyl (C=O) groups excluding carboxylic acids is 2. The molecule has 18 heavy (non-hydrogen) atoms. The molecule has 1 saturated heterocycles. The van der Waals surface area contributed by atoms with E-state index in [0.717, 1.165) is 25.9 Å². The van der Waals surface area contributed by atoms with Gasteiger partial charge in [-0.15, -0.1) is 0 Å². The largest absolute Gasteiger partial charge is 0.356 e. The van der Waals surface area contributed by atoms with Gasteiger partial charge in [-0.05, 0) is 44.6 Å². The number of amides is 2. The van der Waals surface area contributed by atoms with Crippen molar-refractivity contribution in [3.8, 4) is 0 Å².